The van der Waals surface area contributed by atoms with E-state index in [-0.39, 0.29) is 23.2 Å². The van der Waals surface area contributed by atoms with Crippen molar-refractivity contribution in [3.8, 4) is 34.6 Å². The van der Waals surface area contributed by atoms with Crippen LogP contribution in [0.2, 0.25) is 0 Å². The quantitative estimate of drug-likeness (QED) is 0.732. The zero-order valence-corrected chi connectivity index (χ0v) is 10.5. The van der Waals surface area contributed by atoms with Gasteiger partial charge in [0.25, 0.3) is 5.89 Å². The zero-order valence-electron chi connectivity index (χ0n) is 10.5. The molecule has 0 saturated heterocycles. The normalized spacial score (nSPS) is 10.7. The molecule has 0 fully saturated rings. The van der Waals surface area contributed by atoms with Gasteiger partial charge in [-0.3, -0.25) is 0 Å². The van der Waals surface area contributed by atoms with Crippen molar-refractivity contribution in [2.75, 3.05) is 0 Å². The van der Waals surface area contributed by atoms with Crippen LogP contribution in [0.3, 0.4) is 0 Å². The van der Waals surface area contributed by atoms with Gasteiger partial charge in [-0.2, -0.15) is 4.98 Å². The summed E-state index contributed by atoms with van der Waals surface area (Å²) in [6, 6.07) is 4.03. The van der Waals surface area contributed by atoms with Gasteiger partial charge in [0.05, 0.1) is 0 Å². The highest BCUT2D eigenvalue weighted by Gasteiger charge is 2.13. The molecule has 0 saturated carbocycles. The molecule has 3 rings (SSSR count). The number of phenols is 2. The Bertz CT molecular complexity index is 732. The number of rotatable bonds is 2. The molecule has 0 radical (unpaired) electrons. The van der Waals surface area contributed by atoms with Gasteiger partial charge >= 0.3 is 0 Å². The van der Waals surface area contributed by atoms with Crippen LogP contribution in [0, 0.1) is 6.92 Å². The molecule has 0 spiro atoms. The van der Waals surface area contributed by atoms with Gasteiger partial charge < -0.3 is 14.7 Å². The molecule has 7 heteroatoms. The Labute approximate surface area is 113 Å². The molecule has 0 unspecified atom stereocenters. The summed E-state index contributed by atoms with van der Waals surface area (Å²) in [4.78, 5) is 12.3. The average molecular weight is 270 g/mol. The lowest BCUT2D eigenvalue weighted by Crippen LogP contribution is -1.90. The summed E-state index contributed by atoms with van der Waals surface area (Å²) in [6.07, 6.45) is 3.30. The monoisotopic (exact) mass is 270 g/mol. The molecule has 7 nitrogen and oxygen atoms in total. The Morgan fingerprint density at radius 2 is 1.60 bits per heavy atom. The predicted octanol–water partition coefficient (Wildman–Crippen LogP) is 1.91. The van der Waals surface area contributed by atoms with Crippen molar-refractivity contribution in [3.63, 3.8) is 0 Å². The van der Waals surface area contributed by atoms with Crippen LogP contribution in [0.1, 0.15) is 5.56 Å². The van der Waals surface area contributed by atoms with Crippen LogP contribution in [-0.2, 0) is 0 Å². The van der Waals surface area contributed by atoms with Crippen LogP contribution in [0.25, 0.3) is 23.1 Å². The first-order valence-corrected chi connectivity index (χ1v) is 5.78. The van der Waals surface area contributed by atoms with Crippen molar-refractivity contribution in [2.24, 2.45) is 0 Å². The van der Waals surface area contributed by atoms with Crippen molar-refractivity contribution in [1.29, 1.82) is 0 Å². The van der Waals surface area contributed by atoms with E-state index >= 15 is 0 Å². The fourth-order valence-corrected chi connectivity index (χ4v) is 1.66. The molecule has 2 heterocycles. The fraction of sp³-hybridized carbons (Fsp3) is 0.0769. The lowest BCUT2D eigenvalue weighted by molar-refractivity contribution is 0.428. The number of hydrogen-bond acceptors (Lipinski definition) is 7. The number of aryl methyl sites for hydroxylation is 1. The first-order valence-electron chi connectivity index (χ1n) is 5.78. The standard InChI is InChI=1S/C13H10N4O3/c1-7-5-14-11(15-6-7)12-16-13(20-17-12)8-2-9(18)4-10(19)3-8/h2-6,18-19H,1H3. The van der Waals surface area contributed by atoms with E-state index in [0.717, 1.165) is 5.56 Å². The third kappa shape index (κ3) is 2.28. The lowest BCUT2D eigenvalue weighted by atomic mass is 10.2. The molecule has 2 N–H and O–H groups in total. The van der Waals surface area contributed by atoms with Crippen molar-refractivity contribution < 1.29 is 14.7 Å². The van der Waals surface area contributed by atoms with Gasteiger partial charge in [-0.25, -0.2) is 9.97 Å². The lowest BCUT2D eigenvalue weighted by Gasteiger charge is -1.97. The molecule has 0 aliphatic rings. The predicted molar refractivity (Wildman–Crippen MR) is 68.8 cm³/mol. The third-order valence-corrected chi connectivity index (χ3v) is 2.56. The second kappa shape index (κ2) is 4.61. The third-order valence-electron chi connectivity index (χ3n) is 2.56. The van der Waals surface area contributed by atoms with Gasteiger partial charge in [0.15, 0.2) is 0 Å². The van der Waals surface area contributed by atoms with Crippen LogP contribution in [0.5, 0.6) is 11.5 Å². The van der Waals surface area contributed by atoms with Crippen molar-refractivity contribution >= 4 is 0 Å². The molecule has 2 aromatic heterocycles. The van der Waals surface area contributed by atoms with Gasteiger partial charge in [0.1, 0.15) is 11.5 Å². The summed E-state index contributed by atoms with van der Waals surface area (Å²) in [5, 5.41) is 22.6. The maximum absolute atomic E-state index is 9.44. The van der Waals surface area contributed by atoms with Gasteiger partial charge in [-0.15, -0.1) is 0 Å². The maximum atomic E-state index is 9.44. The van der Waals surface area contributed by atoms with E-state index in [1.165, 1.54) is 18.2 Å². The van der Waals surface area contributed by atoms with Crippen molar-refractivity contribution in [2.45, 2.75) is 6.92 Å². The summed E-state index contributed by atoms with van der Waals surface area (Å²) in [5.41, 5.74) is 1.34. The molecule has 100 valence electrons. The number of aromatic nitrogens is 4. The number of phenolic OH excluding ortho intramolecular Hbond substituents is 2. The molecule has 3 aromatic rings. The largest absolute Gasteiger partial charge is 0.508 e. The molecule has 0 amide bonds. The molecular formula is C13H10N4O3. The second-order valence-electron chi connectivity index (χ2n) is 4.25. The Hall–Kier alpha value is -2.96. The van der Waals surface area contributed by atoms with Crippen LogP contribution in [-0.4, -0.2) is 30.3 Å². The van der Waals surface area contributed by atoms with E-state index in [0.29, 0.717) is 11.4 Å². The molecule has 0 atom stereocenters. The Morgan fingerprint density at radius 1 is 0.950 bits per heavy atom. The molecule has 20 heavy (non-hydrogen) atoms. The van der Waals surface area contributed by atoms with Crippen LogP contribution in [0.15, 0.2) is 35.1 Å². The number of nitrogens with zero attached hydrogens (tertiary/aromatic N) is 4. The van der Waals surface area contributed by atoms with E-state index in [1.807, 2.05) is 6.92 Å². The zero-order chi connectivity index (χ0) is 14.1. The van der Waals surface area contributed by atoms with E-state index in [1.54, 1.807) is 12.4 Å². The van der Waals surface area contributed by atoms with Gasteiger partial charge in [0.2, 0.25) is 11.6 Å². The highest BCUT2D eigenvalue weighted by atomic mass is 16.5. The highest BCUT2D eigenvalue weighted by molar-refractivity contribution is 5.60. The molecular weight excluding hydrogens is 260 g/mol. The summed E-state index contributed by atoms with van der Waals surface area (Å²) in [5.74, 6) is 0.561. The van der Waals surface area contributed by atoms with E-state index in [9.17, 15) is 10.2 Å². The Kier molecular flexibility index (Phi) is 2.79. The van der Waals surface area contributed by atoms with Crippen LogP contribution in [0.4, 0.5) is 0 Å². The van der Waals surface area contributed by atoms with Crippen LogP contribution >= 0.6 is 0 Å². The smallest absolute Gasteiger partial charge is 0.258 e. The minimum Gasteiger partial charge on any atom is -0.508 e. The van der Waals surface area contributed by atoms with Crippen LogP contribution < -0.4 is 0 Å². The van der Waals surface area contributed by atoms with Gasteiger partial charge in [-0.1, -0.05) is 5.16 Å². The van der Waals surface area contributed by atoms with Crippen molar-refractivity contribution in [3.05, 3.63) is 36.2 Å². The maximum Gasteiger partial charge on any atom is 0.258 e. The van der Waals surface area contributed by atoms with Gasteiger partial charge in [-0.05, 0) is 24.6 Å². The van der Waals surface area contributed by atoms with E-state index in [4.69, 9.17) is 4.52 Å². The Morgan fingerprint density at radius 3 is 2.25 bits per heavy atom. The SMILES string of the molecule is Cc1cnc(-c2noc(-c3cc(O)cc(O)c3)n2)nc1. The number of aromatic hydroxyl groups is 2. The highest BCUT2D eigenvalue weighted by Crippen LogP contribution is 2.28. The van der Waals surface area contributed by atoms with Crippen molar-refractivity contribution in [1.82, 2.24) is 20.1 Å². The molecule has 0 aliphatic heterocycles. The van der Waals surface area contributed by atoms with E-state index < -0.39 is 0 Å². The molecule has 0 aliphatic carbocycles. The summed E-state index contributed by atoms with van der Waals surface area (Å²) in [6.45, 7) is 1.88. The van der Waals surface area contributed by atoms with E-state index in [2.05, 4.69) is 20.1 Å². The average Bonchev–Trinajstić information content (AvgIpc) is 2.88. The first kappa shape index (κ1) is 12.1. The fourth-order valence-electron chi connectivity index (χ4n) is 1.66. The topological polar surface area (TPSA) is 105 Å². The molecule has 0 bridgehead atoms. The summed E-state index contributed by atoms with van der Waals surface area (Å²) >= 11 is 0. The van der Waals surface area contributed by atoms with Gasteiger partial charge in [0, 0.05) is 24.0 Å². The summed E-state index contributed by atoms with van der Waals surface area (Å²) < 4.78 is 5.08. The Balaban J connectivity index is 1.99. The minimum atomic E-state index is -0.0914. The molecule has 1 aromatic carbocycles. The minimum absolute atomic E-state index is 0.0914. The number of hydrogen-bond donors (Lipinski definition) is 2. The first-order chi connectivity index (χ1) is 9.61. The number of benzene rings is 1. The summed E-state index contributed by atoms with van der Waals surface area (Å²) in [7, 11) is 0. The second-order valence-corrected chi connectivity index (χ2v) is 4.25.